The van der Waals surface area contributed by atoms with Crippen molar-refractivity contribution >= 4 is 17.8 Å². The molecule has 2 aliphatic rings. The number of nitrogens with one attached hydrogen (secondary N) is 1. The number of nitrogens with two attached hydrogens (primary N) is 1. The van der Waals surface area contributed by atoms with E-state index in [1.54, 1.807) is 24.3 Å². The first-order chi connectivity index (χ1) is 11.0. The van der Waals surface area contributed by atoms with Crippen molar-refractivity contribution in [3.8, 4) is 0 Å². The van der Waals surface area contributed by atoms with Gasteiger partial charge in [0.05, 0.1) is 6.04 Å². The van der Waals surface area contributed by atoms with Crippen molar-refractivity contribution in [1.82, 2.24) is 10.2 Å². The first-order valence-corrected chi connectivity index (χ1v) is 7.38. The highest BCUT2D eigenvalue weighted by molar-refractivity contribution is 6.01. The molecule has 0 saturated carbocycles. The lowest BCUT2D eigenvalue weighted by Crippen LogP contribution is -2.71. The van der Waals surface area contributed by atoms with Gasteiger partial charge >= 0.3 is 5.97 Å². The summed E-state index contributed by atoms with van der Waals surface area (Å²) in [5.41, 5.74) is 6.56. The van der Waals surface area contributed by atoms with Crippen LogP contribution in [0.1, 0.15) is 24.4 Å². The molecule has 4 N–H and O–H groups in total. The van der Waals surface area contributed by atoms with Gasteiger partial charge in [0.15, 0.2) is 0 Å². The van der Waals surface area contributed by atoms with Crippen LogP contribution in [0.3, 0.4) is 0 Å². The normalized spacial score (nSPS) is 24.1. The molecule has 1 aromatic rings. The van der Waals surface area contributed by atoms with Crippen molar-refractivity contribution in [2.24, 2.45) is 5.73 Å². The number of carbonyl (C=O) groups excluding carboxylic acids is 2. The third-order valence-electron chi connectivity index (χ3n) is 4.24. The maximum absolute atomic E-state index is 12.2. The lowest BCUT2D eigenvalue weighted by atomic mass is 9.86. The van der Waals surface area contributed by atoms with E-state index in [0.29, 0.717) is 18.4 Å². The van der Waals surface area contributed by atoms with E-state index in [9.17, 15) is 14.4 Å². The van der Waals surface area contributed by atoms with Crippen molar-refractivity contribution < 1.29 is 19.5 Å². The molecule has 120 valence electrons. The molecule has 0 unspecified atom stereocenters. The summed E-state index contributed by atoms with van der Waals surface area (Å²) < 4.78 is 0. The Morgan fingerprint density at radius 2 is 2.00 bits per heavy atom. The second-order valence-corrected chi connectivity index (χ2v) is 5.62. The summed E-state index contributed by atoms with van der Waals surface area (Å²) in [5, 5.41) is 11.8. The molecular formula is C16H17N3O4. The highest BCUT2D eigenvalue weighted by Gasteiger charge is 2.52. The number of nitrogens with zero attached hydrogens (tertiary/aromatic N) is 1. The zero-order valence-electron chi connectivity index (χ0n) is 12.3. The summed E-state index contributed by atoms with van der Waals surface area (Å²) in [6.45, 7) is 0. The topological polar surface area (TPSA) is 113 Å². The summed E-state index contributed by atoms with van der Waals surface area (Å²) in [4.78, 5) is 36.8. The Labute approximate surface area is 132 Å². The molecule has 1 aromatic carbocycles. The number of β-lactam (4-membered cyclic amide) rings is 1. The predicted octanol–water partition coefficient (Wildman–Crippen LogP) is 0.144. The van der Waals surface area contributed by atoms with E-state index in [-0.39, 0.29) is 11.7 Å². The van der Waals surface area contributed by atoms with Gasteiger partial charge in [-0.2, -0.15) is 0 Å². The molecule has 0 aromatic heterocycles. The number of hydrogen-bond acceptors (Lipinski definition) is 4. The van der Waals surface area contributed by atoms with Crippen LogP contribution in [-0.2, 0) is 14.4 Å². The first kappa shape index (κ1) is 15.2. The van der Waals surface area contributed by atoms with Gasteiger partial charge in [-0.3, -0.25) is 14.5 Å². The van der Waals surface area contributed by atoms with Crippen LogP contribution in [0, 0.1) is 0 Å². The number of carboxylic acid groups (broad SMARTS) is 1. The second kappa shape index (κ2) is 5.85. The Balaban J connectivity index is 1.68. The van der Waals surface area contributed by atoms with Crippen LogP contribution < -0.4 is 11.1 Å². The van der Waals surface area contributed by atoms with Crippen LogP contribution in [0.25, 0.3) is 0 Å². The van der Waals surface area contributed by atoms with Gasteiger partial charge in [0.1, 0.15) is 17.8 Å². The summed E-state index contributed by atoms with van der Waals surface area (Å²) in [6, 6.07) is 6.98. The largest absolute Gasteiger partial charge is 0.477 e. The van der Waals surface area contributed by atoms with Crippen molar-refractivity contribution in [3.63, 3.8) is 0 Å². The second-order valence-electron chi connectivity index (χ2n) is 5.62. The highest BCUT2D eigenvalue weighted by Crippen LogP contribution is 2.33. The molecule has 1 fully saturated rings. The number of carbonyl (C=O) groups is 3. The summed E-state index contributed by atoms with van der Waals surface area (Å²) in [5.74, 6) is -1.98. The quantitative estimate of drug-likeness (QED) is 0.684. The molecule has 7 nitrogen and oxygen atoms in total. The molecule has 0 bridgehead atoms. The molecule has 3 atom stereocenters. The van der Waals surface area contributed by atoms with E-state index >= 15 is 0 Å². The van der Waals surface area contributed by atoms with Crippen molar-refractivity contribution in [1.29, 1.82) is 0 Å². The van der Waals surface area contributed by atoms with Crippen molar-refractivity contribution in [3.05, 3.63) is 47.7 Å². The average Bonchev–Trinajstić information content (AvgIpc) is 2.58. The third-order valence-corrected chi connectivity index (χ3v) is 4.24. The Hall–Kier alpha value is -2.67. The minimum atomic E-state index is -1.13. The first-order valence-electron chi connectivity index (χ1n) is 7.38. The fourth-order valence-electron chi connectivity index (χ4n) is 3.03. The Morgan fingerprint density at radius 1 is 1.30 bits per heavy atom. The average molecular weight is 315 g/mol. The van der Waals surface area contributed by atoms with Crippen LogP contribution in [0.4, 0.5) is 0 Å². The van der Waals surface area contributed by atoms with Crippen LogP contribution in [0.15, 0.2) is 42.1 Å². The maximum Gasteiger partial charge on any atom is 0.352 e. The Morgan fingerprint density at radius 3 is 2.65 bits per heavy atom. The third kappa shape index (κ3) is 2.59. The van der Waals surface area contributed by atoms with Gasteiger partial charge in [-0.1, -0.05) is 36.4 Å². The van der Waals surface area contributed by atoms with Crippen LogP contribution in [0.2, 0.25) is 0 Å². The van der Waals surface area contributed by atoms with E-state index in [4.69, 9.17) is 10.8 Å². The number of aliphatic carboxylic acids is 1. The lowest BCUT2D eigenvalue weighted by molar-refractivity contribution is -0.155. The number of hydrogen-bond donors (Lipinski definition) is 3. The lowest BCUT2D eigenvalue weighted by Gasteiger charge is -2.49. The monoisotopic (exact) mass is 315 g/mol. The molecule has 7 heteroatoms. The fraction of sp³-hybridized carbons (Fsp3) is 0.312. The number of allylic oxidation sites excluding steroid dienone is 1. The molecule has 0 spiro atoms. The zero-order valence-corrected chi connectivity index (χ0v) is 12.3. The fourth-order valence-corrected chi connectivity index (χ4v) is 3.03. The molecule has 3 rings (SSSR count). The molecule has 23 heavy (non-hydrogen) atoms. The van der Waals surface area contributed by atoms with E-state index in [0.717, 1.165) is 0 Å². The molecule has 2 heterocycles. The Kier molecular flexibility index (Phi) is 3.87. The molecular weight excluding hydrogens is 298 g/mol. The number of rotatable bonds is 4. The molecule has 0 aliphatic carbocycles. The number of amides is 2. The van der Waals surface area contributed by atoms with Crippen molar-refractivity contribution in [2.75, 3.05) is 0 Å². The van der Waals surface area contributed by atoms with Crippen LogP contribution in [-0.4, -0.2) is 39.9 Å². The van der Waals surface area contributed by atoms with Gasteiger partial charge in [-0.15, -0.1) is 0 Å². The van der Waals surface area contributed by atoms with Crippen LogP contribution in [0.5, 0.6) is 0 Å². The van der Waals surface area contributed by atoms with Gasteiger partial charge in [-0.25, -0.2) is 4.79 Å². The maximum atomic E-state index is 12.2. The van der Waals surface area contributed by atoms with Gasteiger partial charge in [0.25, 0.3) is 5.91 Å². The molecule has 2 amide bonds. The zero-order chi connectivity index (χ0) is 16.6. The van der Waals surface area contributed by atoms with Gasteiger partial charge in [0.2, 0.25) is 5.91 Å². The molecule has 1 saturated heterocycles. The van der Waals surface area contributed by atoms with Crippen molar-refractivity contribution in [2.45, 2.75) is 31.0 Å². The summed E-state index contributed by atoms with van der Waals surface area (Å²) in [7, 11) is 0. The van der Waals surface area contributed by atoms with E-state index < -0.39 is 29.9 Å². The van der Waals surface area contributed by atoms with E-state index in [2.05, 4.69) is 5.32 Å². The standard InChI is InChI=1S/C16H17N3O4/c17-12(9-5-2-1-3-6-9)14(20)18-13-10-7-4-8-11(16(22)23)19(10)15(13)21/h1-3,5-6,8,10,12-13H,4,7,17H2,(H,18,20)(H,22,23)/t10-,12+,13-/m0/s1. The highest BCUT2D eigenvalue weighted by atomic mass is 16.4. The summed E-state index contributed by atoms with van der Waals surface area (Å²) in [6.07, 6.45) is 2.71. The van der Waals surface area contributed by atoms with E-state index in [1.807, 2.05) is 6.07 Å². The van der Waals surface area contributed by atoms with Gasteiger partial charge in [0, 0.05) is 0 Å². The molecule has 2 aliphatic heterocycles. The smallest absolute Gasteiger partial charge is 0.352 e. The minimum Gasteiger partial charge on any atom is -0.477 e. The minimum absolute atomic E-state index is 0.0101. The SMILES string of the molecule is N[C@@H](C(=O)N[C@@H]1C(=O)N2C(C(=O)O)=CCC[C@@H]12)c1ccccc1. The Bertz CT molecular complexity index is 686. The number of benzene rings is 1. The predicted molar refractivity (Wildman–Crippen MR) is 80.9 cm³/mol. The number of fused-ring (bicyclic) bond motifs is 1. The molecule has 0 radical (unpaired) electrons. The van der Waals surface area contributed by atoms with E-state index in [1.165, 1.54) is 11.0 Å². The summed E-state index contributed by atoms with van der Waals surface area (Å²) >= 11 is 0. The van der Waals surface area contributed by atoms with Gasteiger partial charge < -0.3 is 16.2 Å². The van der Waals surface area contributed by atoms with Gasteiger partial charge in [-0.05, 0) is 18.4 Å². The van der Waals surface area contributed by atoms with Crippen LogP contribution >= 0.6 is 0 Å². The number of carboxylic acids is 1.